The molecule has 7 heteroatoms. The van der Waals surface area contributed by atoms with Gasteiger partial charge in [-0.25, -0.2) is 18.7 Å². The van der Waals surface area contributed by atoms with Crippen molar-refractivity contribution >= 4 is 11.2 Å². The molecule has 0 N–H and O–H groups in total. The van der Waals surface area contributed by atoms with E-state index in [1.54, 1.807) is 10.9 Å². The highest BCUT2D eigenvalue weighted by molar-refractivity contribution is 5.72. The molecule has 0 spiro atoms. The maximum absolute atomic E-state index is 13.7. The van der Waals surface area contributed by atoms with Crippen molar-refractivity contribution in [2.24, 2.45) is 0 Å². The van der Waals surface area contributed by atoms with Crippen molar-refractivity contribution in [2.75, 3.05) is 0 Å². The monoisotopic (exact) mass is 454 g/mol. The lowest BCUT2D eigenvalue weighted by molar-refractivity contribution is 0.605. The third-order valence-corrected chi connectivity index (χ3v) is 6.11. The maximum atomic E-state index is 13.7. The summed E-state index contributed by atoms with van der Waals surface area (Å²) < 4.78 is 18.0. The topological polar surface area (TPSA) is 61.8 Å². The Hall–Kier alpha value is -4.26. The minimum Gasteiger partial charge on any atom is -0.317 e. The Bertz CT molecular complexity index is 1550. The van der Waals surface area contributed by atoms with Gasteiger partial charge in [-0.3, -0.25) is 9.36 Å². The first-order valence-electron chi connectivity index (χ1n) is 11.1. The lowest BCUT2D eigenvalue weighted by atomic mass is 10.1. The number of aromatic nitrogens is 4. The number of imidazole rings is 1. The van der Waals surface area contributed by atoms with E-state index in [-0.39, 0.29) is 18.2 Å². The van der Waals surface area contributed by atoms with E-state index in [0.29, 0.717) is 17.6 Å². The zero-order valence-corrected chi connectivity index (χ0v) is 18.6. The molecule has 0 aliphatic rings. The smallest absolute Gasteiger partial charge is 0.317 e. The molecule has 1 atom stereocenters. The Morgan fingerprint density at radius 1 is 0.882 bits per heavy atom. The van der Waals surface area contributed by atoms with E-state index >= 15 is 0 Å². The third-order valence-electron chi connectivity index (χ3n) is 6.11. The summed E-state index contributed by atoms with van der Waals surface area (Å²) in [5, 5.41) is 0. The van der Waals surface area contributed by atoms with E-state index in [1.165, 1.54) is 33.4 Å². The molecule has 0 aliphatic heterocycles. The molecule has 3 aromatic carbocycles. The number of fused-ring (bicyclic) bond motifs is 1. The van der Waals surface area contributed by atoms with Crippen LogP contribution in [0.3, 0.4) is 0 Å². The minimum absolute atomic E-state index is 0.180. The number of hydrogen-bond donors (Lipinski definition) is 0. The van der Waals surface area contributed by atoms with Crippen LogP contribution in [0.4, 0.5) is 4.39 Å². The predicted molar refractivity (Wildman–Crippen MR) is 130 cm³/mol. The third kappa shape index (κ3) is 3.85. The van der Waals surface area contributed by atoms with Crippen molar-refractivity contribution < 1.29 is 4.39 Å². The predicted octanol–water partition coefficient (Wildman–Crippen LogP) is 4.34. The lowest BCUT2D eigenvalue weighted by Crippen LogP contribution is -2.40. The van der Waals surface area contributed by atoms with Gasteiger partial charge in [0, 0.05) is 6.54 Å². The van der Waals surface area contributed by atoms with Crippen molar-refractivity contribution in [3.63, 3.8) is 0 Å². The number of hydrogen-bond acceptors (Lipinski definition) is 3. The molecule has 0 saturated heterocycles. The summed E-state index contributed by atoms with van der Waals surface area (Å²) in [6.45, 7) is 2.20. The molecule has 34 heavy (non-hydrogen) atoms. The highest BCUT2D eigenvalue weighted by atomic mass is 19.1. The Morgan fingerprint density at radius 3 is 2.21 bits per heavy atom. The second-order valence-electron chi connectivity index (χ2n) is 8.20. The summed E-state index contributed by atoms with van der Waals surface area (Å²) in [7, 11) is 0. The molecule has 0 amide bonds. The number of nitrogens with zero attached hydrogens (tertiary/aromatic N) is 4. The van der Waals surface area contributed by atoms with Gasteiger partial charge >= 0.3 is 5.69 Å². The fourth-order valence-corrected chi connectivity index (χ4v) is 4.24. The zero-order valence-electron chi connectivity index (χ0n) is 18.6. The zero-order chi connectivity index (χ0) is 23.7. The fraction of sp³-hybridized carbons (Fsp3) is 0.148. The Morgan fingerprint density at radius 2 is 1.53 bits per heavy atom. The highest BCUT2D eigenvalue weighted by Crippen LogP contribution is 2.22. The van der Waals surface area contributed by atoms with Gasteiger partial charge in [0.25, 0.3) is 5.56 Å². The van der Waals surface area contributed by atoms with Gasteiger partial charge in [0.15, 0.2) is 11.2 Å². The second kappa shape index (κ2) is 8.94. The molecule has 5 rings (SSSR count). The van der Waals surface area contributed by atoms with Gasteiger partial charge in [-0.05, 0) is 48.7 Å². The molecule has 170 valence electrons. The van der Waals surface area contributed by atoms with E-state index in [1.807, 2.05) is 67.6 Å². The first kappa shape index (κ1) is 21.6. The van der Waals surface area contributed by atoms with Gasteiger partial charge in [-0.1, -0.05) is 60.7 Å². The van der Waals surface area contributed by atoms with Crippen LogP contribution in [0.15, 0.2) is 101 Å². The van der Waals surface area contributed by atoms with Crippen LogP contribution < -0.4 is 11.2 Å². The summed E-state index contributed by atoms with van der Waals surface area (Å²) in [4.78, 5) is 31.7. The van der Waals surface area contributed by atoms with Crippen molar-refractivity contribution in [1.29, 1.82) is 0 Å². The summed E-state index contributed by atoms with van der Waals surface area (Å²) in [6, 6.07) is 24.9. The van der Waals surface area contributed by atoms with Crippen molar-refractivity contribution in [1.82, 2.24) is 18.7 Å². The standard InChI is InChI=1S/C27H23FN4O2/c1-19(21-10-6-3-7-11-21)31-18-29-25-24(31)26(33)30(17-16-20-8-4-2-5-9-20)27(34)32(25)23-14-12-22(28)13-15-23/h2-15,18-19H,16-17H2,1H3/t19-/m1/s1. The molecule has 0 fully saturated rings. The summed E-state index contributed by atoms with van der Waals surface area (Å²) in [5.74, 6) is -0.409. The minimum atomic E-state index is -0.502. The van der Waals surface area contributed by atoms with Gasteiger partial charge < -0.3 is 4.57 Å². The fourth-order valence-electron chi connectivity index (χ4n) is 4.24. The molecular weight excluding hydrogens is 431 g/mol. The van der Waals surface area contributed by atoms with E-state index in [0.717, 1.165) is 11.1 Å². The molecule has 5 aromatic rings. The van der Waals surface area contributed by atoms with Crippen LogP contribution in [0.25, 0.3) is 16.9 Å². The van der Waals surface area contributed by atoms with E-state index in [2.05, 4.69) is 4.98 Å². The Balaban J connectivity index is 1.73. The molecule has 0 saturated carbocycles. The Kier molecular flexibility index (Phi) is 5.67. The molecule has 2 heterocycles. The quantitative estimate of drug-likeness (QED) is 0.384. The average Bonchev–Trinajstić information content (AvgIpc) is 3.31. The molecule has 2 aromatic heterocycles. The second-order valence-corrected chi connectivity index (χ2v) is 8.20. The maximum Gasteiger partial charge on any atom is 0.337 e. The van der Waals surface area contributed by atoms with Crippen LogP contribution >= 0.6 is 0 Å². The Labute approximate surface area is 195 Å². The largest absolute Gasteiger partial charge is 0.337 e. The van der Waals surface area contributed by atoms with Crippen LogP contribution in [0, 0.1) is 5.82 Å². The average molecular weight is 455 g/mol. The van der Waals surface area contributed by atoms with Gasteiger partial charge in [0.05, 0.1) is 18.1 Å². The van der Waals surface area contributed by atoms with Gasteiger partial charge in [-0.2, -0.15) is 0 Å². The van der Waals surface area contributed by atoms with Crippen LogP contribution in [0.2, 0.25) is 0 Å². The first-order valence-corrected chi connectivity index (χ1v) is 11.1. The number of halogens is 1. The normalized spacial score (nSPS) is 12.2. The summed E-state index contributed by atoms with van der Waals surface area (Å²) >= 11 is 0. The van der Waals surface area contributed by atoms with Crippen LogP contribution in [-0.2, 0) is 13.0 Å². The highest BCUT2D eigenvalue weighted by Gasteiger charge is 2.22. The van der Waals surface area contributed by atoms with Crippen molar-refractivity contribution in [2.45, 2.75) is 25.9 Å². The molecule has 0 unspecified atom stereocenters. The van der Waals surface area contributed by atoms with Gasteiger partial charge in [0.2, 0.25) is 0 Å². The van der Waals surface area contributed by atoms with Gasteiger partial charge in [-0.15, -0.1) is 0 Å². The molecular formula is C27H23FN4O2. The molecule has 0 aliphatic carbocycles. The van der Waals surface area contributed by atoms with Crippen LogP contribution in [0.1, 0.15) is 24.1 Å². The van der Waals surface area contributed by atoms with Crippen molar-refractivity contribution in [3.05, 3.63) is 129 Å². The lowest BCUT2D eigenvalue weighted by Gasteiger charge is -2.16. The van der Waals surface area contributed by atoms with Crippen LogP contribution in [-0.4, -0.2) is 18.7 Å². The number of benzene rings is 3. The molecule has 6 nitrogen and oxygen atoms in total. The van der Waals surface area contributed by atoms with E-state index in [9.17, 15) is 14.0 Å². The summed E-state index contributed by atoms with van der Waals surface area (Å²) in [6.07, 6.45) is 2.11. The first-order chi connectivity index (χ1) is 16.5. The molecule has 0 bridgehead atoms. The SMILES string of the molecule is C[C@H](c1ccccc1)n1cnc2c1c(=O)n(CCc1ccccc1)c(=O)n2-c1ccc(F)cc1. The summed E-state index contributed by atoms with van der Waals surface area (Å²) in [5.41, 5.74) is 2.16. The molecule has 0 radical (unpaired) electrons. The number of rotatable bonds is 6. The number of aryl methyl sites for hydroxylation is 1. The van der Waals surface area contributed by atoms with E-state index in [4.69, 9.17) is 0 Å². The van der Waals surface area contributed by atoms with Crippen LogP contribution in [0.5, 0.6) is 0 Å². The van der Waals surface area contributed by atoms with E-state index < -0.39 is 17.1 Å². The van der Waals surface area contributed by atoms with Gasteiger partial charge in [0.1, 0.15) is 5.82 Å². The van der Waals surface area contributed by atoms with Crippen molar-refractivity contribution in [3.8, 4) is 5.69 Å².